The largest absolute Gasteiger partial charge is 0.376 e. The molecule has 0 amide bonds. The third kappa shape index (κ3) is 5.72. The molecule has 278 valence electrons. The van der Waals surface area contributed by atoms with Gasteiger partial charge in [-0.25, -0.2) is 39.5 Å². The van der Waals surface area contributed by atoms with Gasteiger partial charge in [0.15, 0.2) is 17.8 Å². The summed E-state index contributed by atoms with van der Waals surface area (Å²) in [5.41, 5.74) is -1.18. The third-order valence-electron chi connectivity index (χ3n) is 13.1. The van der Waals surface area contributed by atoms with Gasteiger partial charge in [-0.2, -0.15) is 0 Å². The van der Waals surface area contributed by atoms with E-state index in [0.29, 0.717) is 5.57 Å². The molecule has 5 aliphatic rings. The zero-order valence-corrected chi connectivity index (χ0v) is 29.9. The summed E-state index contributed by atoms with van der Waals surface area (Å²) < 4.78 is 145. The van der Waals surface area contributed by atoms with Gasteiger partial charge in [0, 0.05) is 36.0 Å². The van der Waals surface area contributed by atoms with Crippen molar-refractivity contribution in [2.24, 2.45) is 58.7 Å². The van der Waals surface area contributed by atoms with Gasteiger partial charge in [0.1, 0.15) is 36.3 Å². The number of alkyl halides is 5. The first kappa shape index (κ1) is 38.7. The topological polar surface area (TPSA) is 9.23 Å². The zero-order chi connectivity index (χ0) is 37.3. The summed E-state index contributed by atoms with van der Waals surface area (Å²) in [5.74, 6) is -12.1. The highest BCUT2D eigenvalue weighted by molar-refractivity contribution is 5.51. The summed E-state index contributed by atoms with van der Waals surface area (Å²) in [6.07, 6.45) is -4.93. The lowest BCUT2D eigenvalue weighted by atomic mass is 9.63. The van der Waals surface area contributed by atoms with Crippen LogP contribution in [0.1, 0.15) is 61.3 Å². The first-order valence-electron chi connectivity index (χ1n) is 17.8. The Morgan fingerprint density at radius 2 is 1.48 bits per heavy atom. The molecule has 10 heteroatoms. The Morgan fingerprint density at radius 1 is 0.860 bits per heavy atom. The normalized spacial score (nSPS) is 43.5. The van der Waals surface area contributed by atoms with Crippen LogP contribution >= 0.6 is 0 Å². The fourth-order valence-corrected chi connectivity index (χ4v) is 9.76. The van der Waals surface area contributed by atoms with Crippen LogP contribution in [0.2, 0.25) is 0 Å². The van der Waals surface area contributed by atoms with E-state index in [9.17, 15) is 13.2 Å². The fourth-order valence-electron chi connectivity index (χ4n) is 9.76. The van der Waals surface area contributed by atoms with E-state index >= 15 is 26.3 Å². The molecule has 3 fully saturated rings. The molecule has 16 atom stereocenters. The molecule has 0 aromatic heterocycles. The lowest BCUT2D eigenvalue weighted by Crippen LogP contribution is -2.52. The lowest BCUT2D eigenvalue weighted by molar-refractivity contribution is -0.0907. The number of methoxy groups -OCH3 is 1. The number of halogens is 9. The summed E-state index contributed by atoms with van der Waals surface area (Å²) in [6, 6.07) is 0. The number of hydrogen-bond donors (Lipinski definition) is 0. The van der Waals surface area contributed by atoms with Gasteiger partial charge >= 0.3 is 0 Å². The highest BCUT2D eigenvalue weighted by Gasteiger charge is 2.89. The molecule has 0 aromatic rings. The quantitative estimate of drug-likeness (QED) is 0.162. The molecule has 5 rings (SSSR count). The summed E-state index contributed by atoms with van der Waals surface area (Å²) >= 11 is 0. The predicted octanol–water partition coefficient (Wildman–Crippen LogP) is 11.8. The van der Waals surface area contributed by atoms with Crippen LogP contribution in [0.5, 0.6) is 0 Å². The smallest absolute Gasteiger partial charge is 0.166 e. The van der Waals surface area contributed by atoms with E-state index in [1.165, 1.54) is 34.0 Å². The summed E-state index contributed by atoms with van der Waals surface area (Å²) in [7, 11) is 1.35. The first-order valence-corrected chi connectivity index (χ1v) is 17.8. The molecule has 0 aromatic carbocycles. The van der Waals surface area contributed by atoms with Crippen LogP contribution in [0.25, 0.3) is 0 Å². The predicted molar refractivity (Wildman–Crippen MR) is 178 cm³/mol. The van der Waals surface area contributed by atoms with Gasteiger partial charge < -0.3 is 4.74 Å². The van der Waals surface area contributed by atoms with E-state index in [1.54, 1.807) is 26.8 Å². The van der Waals surface area contributed by atoms with Gasteiger partial charge in [-0.15, -0.1) is 0 Å². The van der Waals surface area contributed by atoms with Crippen molar-refractivity contribution in [2.75, 3.05) is 7.11 Å². The van der Waals surface area contributed by atoms with E-state index < -0.39 is 119 Å². The molecule has 0 aliphatic heterocycles. The molecule has 0 saturated heterocycles. The summed E-state index contributed by atoms with van der Waals surface area (Å²) in [6.45, 7) is 13.9. The van der Waals surface area contributed by atoms with Crippen molar-refractivity contribution in [3.05, 3.63) is 82.1 Å². The van der Waals surface area contributed by atoms with Crippen molar-refractivity contribution in [3.8, 4) is 0 Å². The number of hydrogen-bond acceptors (Lipinski definition) is 1. The minimum atomic E-state index is -2.18. The Labute approximate surface area is 290 Å². The second-order valence-corrected chi connectivity index (χ2v) is 15.2. The van der Waals surface area contributed by atoms with E-state index in [4.69, 9.17) is 4.74 Å². The number of rotatable bonds is 10. The monoisotopic (exact) mass is 716 g/mol. The molecule has 16 unspecified atom stereocenters. The van der Waals surface area contributed by atoms with Crippen LogP contribution in [0.15, 0.2) is 82.1 Å². The van der Waals surface area contributed by atoms with E-state index in [1.807, 2.05) is 0 Å². The van der Waals surface area contributed by atoms with Crippen LogP contribution in [-0.2, 0) is 4.74 Å². The summed E-state index contributed by atoms with van der Waals surface area (Å²) in [5, 5.41) is 0. The SMILES string of the molecule is C=CC1=CC(/C(=C\C2C3C(C(OC)C4=CC(F)C(C)C(F)C(F)=C4C)C23C(CC)C2C(F)C(C)C(C)C(F)C2F)CC)C(F)=C(C)C(F)=C1F. The van der Waals surface area contributed by atoms with Gasteiger partial charge in [-0.05, 0) is 72.5 Å². The molecule has 0 radical (unpaired) electrons. The average molecular weight is 717 g/mol. The Balaban J connectivity index is 1.64. The molecule has 0 bridgehead atoms. The van der Waals surface area contributed by atoms with Gasteiger partial charge in [0.2, 0.25) is 0 Å². The van der Waals surface area contributed by atoms with Crippen LogP contribution in [0.3, 0.4) is 0 Å². The zero-order valence-electron chi connectivity index (χ0n) is 29.9. The second-order valence-electron chi connectivity index (χ2n) is 15.2. The van der Waals surface area contributed by atoms with Crippen molar-refractivity contribution in [3.63, 3.8) is 0 Å². The van der Waals surface area contributed by atoms with Gasteiger partial charge in [0.25, 0.3) is 0 Å². The van der Waals surface area contributed by atoms with Crippen molar-refractivity contribution < 1.29 is 44.3 Å². The molecule has 0 heterocycles. The summed E-state index contributed by atoms with van der Waals surface area (Å²) in [4.78, 5) is 0. The average Bonchev–Trinajstić information content (AvgIpc) is 3.99. The highest BCUT2D eigenvalue weighted by atomic mass is 19.2. The Hall–Kier alpha value is -2.49. The minimum Gasteiger partial charge on any atom is -0.376 e. The van der Waals surface area contributed by atoms with Crippen molar-refractivity contribution in [1.29, 1.82) is 0 Å². The number of allylic oxidation sites excluding steroid dienone is 11. The third-order valence-corrected chi connectivity index (χ3v) is 13.1. The van der Waals surface area contributed by atoms with Crippen LogP contribution in [0, 0.1) is 58.7 Å². The van der Waals surface area contributed by atoms with Crippen LogP contribution in [-0.4, -0.2) is 44.1 Å². The Bertz CT molecular complexity index is 1530. The highest BCUT2D eigenvalue weighted by Crippen LogP contribution is 2.90. The van der Waals surface area contributed by atoms with E-state index in [0.717, 1.165) is 19.1 Å². The number of fused-ring (bicyclic) bond motifs is 1. The van der Waals surface area contributed by atoms with Crippen molar-refractivity contribution in [1.82, 2.24) is 0 Å². The van der Waals surface area contributed by atoms with E-state index in [-0.39, 0.29) is 35.5 Å². The Morgan fingerprint density at radius 3 is 2.04 bits per heavy atom. The van der Waals surface area contributed by atoms with Gasteiger partial charge in [0.05, 0.1) is 12.0 Å². The minimum absolute atomic E-state index is 0.109. The van der Waals surface area contributed by atoms with Gasteiger partial charge in [-0.3, -0.25) is 0 Å². The number of ether oxygens (including phenoxy) is 1. The standard InChI is InChI=1S/C40H49F9O/c1-10-21(24-13-22(11-2)37(48)36(47)20(8)31(24)42)14-26-29-30(39(50-9)23-15-27(41)19(7)35(46)34(45)18(23)6)40(26,29)25(12-3)28-32(43)16(4)17(5)33(44)38(28)49/h11,13-17,19,24-30,32-33,35,38-39H,2,10,12H2,1,3-9H3/b21-14-. The maximum atomic E-state index is 16.3. The molecule has 3 saturated carbocycles. The van der Waals surface area contributed by atoms with Crippen molar-refractivity contribution >= 4 is 0 Å². The maximum Gasteiger partial charge on any atom is 0.166 e. The second kappa shape index (κ2) is 14.1. The first-order chi connectivity index (χ1) is 23.5. The lowest BCUT2D eigenvalue weighted by Gasteiger charge is -2.46. The molecule has 0 spiro atoms. The molecule has 5 aliphatic carbocycles. The fraction of sp³-hybridized carbons (Fsp3) is 0.650. The van der Waals surface area contributed by atoms with Crippen LogP contribution in [0.4, 0.5) is 39.5 Å². The molecular formula is C40H49F9O. The maximum absolute atomic E-state index is 16.3. The molecular weight excluding hydrogens is 667 g/mol. The van der Waals surface area contributed by atoms with Crippen LogP contribution < -0.4 is 0 Å². The Kier molecular flexibility index (Phi) is 11.0. The van der Waals surface area contributed by atoms with E-state index in [2.05, 4.69) is 6.58 Å². The molecule has 0 N–H and O–H groups in total. The van der Waals surface area contributed by atoms with Crippen molar-refractivity contribution in [2.45, 2.75) is 98.3 Å². The van der Waals surface area contributed by atoms with Gasteiger partial charge in [-0.1, -0.05) is 71.4 Å². The molecule has 50 heavy (non-hydrogen) atoms. The molecule has 1 nitrogen and oxygen atoms in total.